The van der Waals surface area contributed by atoms with Crippen molar-refractivity contribution in [1.29, 1.82) is 5.41 Å². The maximum atomic E-state index is 13.3. The smallest absolute Gasteiger partial charge is 0.256 e. The van der Waals surface area contributed by atoms with E-state index in [-0.39, 0.29) is 17.2 Å². The number of carbonyl (C=O) groups excluding carboxylic acids is 1. The lowest BCUT2D eigenvalue weighted by molar-refractivity contribution is 0.102. The van der Waals surface area contributed by atoms with Gasteiger partial charge >= 0.3 is 0 Å². The number of halogens is 1. The lowest BCUT2D eigenvalue weighted by atomic mass is 10.2. The summed E-state index contributed by atoms with van der Waals surface area (Å²) in [6.07, 6.45) is 2.36. The van der Waals surface area contributed by atoms with Crippen molar-refractivity contribution in [2.75, 3.05) is 11.9 Å². The standard InChI is InChI=1S/C19H17FN6O2S/c1-2-28-18-15(16(22)24-10-21)29-19(26-18)12-6-7-23-14(9-12)25-17(27)11-4-3-5-13(20)8-11/h3-10H,2H2,1H3,(H3,21,22,24)(H,23,25,27). The average Bonchev–Trinajstić information content (AvgIpc) is 3.13. The molecular weight excluding hydrogens is 395 g/mol. The summed E-state index contributed by atoms with van der Waals surface area (Å²) in [5, 5.41) is 10.3. The highest BCUT2D eigenvalue weighted by Crippen LogP contribution is 2.33. The average molecular weight is 412 g/mol. The molecule has 29 heavy (non-hydrogen) atoms. The highest BCUT2D eigenvalue weighted by molar-refractivity contribution is 7.17. The van der Waals surface area contributed by atoms with Crippen molar-refractivity contribution < 1.29 is 13.9 Å². The minimum absolute atomic E-state index is 0.126. The summed E-state index contributed by atoms with van der Waals surface area (Å²) in [4.78, 5) is 25.1. The molecule has 1 amide bonds. The largest absolute Gasteiger partial charge is 0.477 e. The number of nitrogens with zero attached hydrogens (tertiary/aromatic N) is 3. The number of rotatable bonds is 7. The molecule has 2 heterocycles. The van der Waals surface area contributed by atoms with Gasteiger partial charge in [-0.2, -0.15) is 0 Å². The van der Waals surface area contributed by atoms with Crippen molar-refractivity contribution in [3.05, 3.63) is 58.9 Å². The normalized spacial score (nSPS) is 11.2. The van der Waals surface area contributed by atoms with Gasteiger partial charge in [-0.05, 0) is 37.3 Å². The Labute approximate surface area is 169 Å². The summed E-state index contributed by atoms with van der Waals surface area (Å²) in [5.74, 6) is -0.250. The predicted octanol–water partition coefficient (Wildman–Crippen LogP) is 3.31. The van der Waals surface area contributed by atoms with E-state index in [2.05, 4.69) is 20.3 Å². The monoisotopic (exact) mass is 412 g/mol. The second-order valence-electron chi connectivity index (χ2n) is 5.62. The Balaban J connectivity index is 1.89. The summed E-state index contributed by atoms with van der Waals surface area (Å²) in [5.41, 5.74) is 6.75. The lowest BCUT2D eigenvalue weighted by Crippen LogP contribution is -2.13. The van der Waals surface area contributed by atoms with Gasteiger partial charge in [0.25, 0.3) is 5.91 Å². The van der Waals surface area contributed by atoms with Crippen LogP contribution in [0.5, 0.6) is 5.88 Å². The second kappa shape index (κ2) is 9.02. The zero-order valence-electron chi connectivity index (χ0n) is 15.3. The van der Waals surface area contributed by atoms with E-state index in [4.69, 9.17) is 15.9 Å². The molecule has 10 heteroatoms. The van der Waals surface area contributed by atoms with Gasteiger partial charge in [-0.25, -0.2) is 19.4 Å². The summed E-state index contributed by atoms with van der Waals surface area (Å²) in [6.45, 7) is 2.21. The van der Waals surface area contributed by atoms with Gasteiger partial charge in [-0.15, -0.1) is 11.3 Å². The van der Waals surface area contributed by atoms with Crippen LogP contribution in [0.15, 0.2) is 47.6 Å². The van der Waals surface area contributed by atoms with Crippen LogP contribution in [0.25, 0.3) is 10.6 Å². The molecule has 0 saturated heterocycles. The van der Waals surface area contributed by atoms with Crippen LogP contribution in [0, 0.1) is 11.2 Å². The molecule has 0 saturated carbocycles. The molecule has 0 fully saturated rings. The van der Waals surface area contributed by atoms with Gasteiger partial charge in [-0.3, -0.25) is 10.2 Å². The minimum Gasteiger partial charge on any atom is -0.477 e. The number of ether oxygens (including phenoxy) is 1. The first kappa shape index (κ1) is 20.1. The van der Waals surface area contributed by atoms with Crippen LogP contribution in [0.1, 0.15) is 22.2 Å². The summed E-state index contributed by atoms with van der Waals surface area (Å²) >= 11 is 1.24. The zero-order valence-corrected chi connectivity index (χ0v) is 16.2. The molecule has 0 aliphatic rings. The zero-order chi connectivity index (χ0) is 20.8. The quantitative estimate of drug-likeness (QED) is 0.405. The lowest BCUT2D eigenvalue weighted by Gasteiger charge is -2.05. The number of nitrogens with two attached hydrogens (primary N) is 1. The first-order valence-electron chi connectivity index (χ1n) is 8.51. The molecule has 0 aliphatic carbocycles. The molecular formula is C19H17FN6O2S. The SMILES string of the molecule is CCOc1nc(-c2ccnc(NC(=O)c3cccc(F)c3)c2)sc1C(N)=NC=N. The van der Waals surface area contributed by atoms with E-state index in [1.807, 2.05) is 6.92 Å². The van der Waals surface area contributed by atoms with Crippen LogP contribution in [0.3, 0.4) is 0 Å². The molecule has 0 unspecified atom stereocenters. The van der Waals surface area contributed by atoms with Crippen LogP contribution in [0.2, 0.25) is 0 Å². The van der Waals surface area contributed by atoms with Crippen molar-refractivity contribution in [2.45, 2.75) is 6.92 Å². The number of thiazole rings is 1. The third kappa shape index (κ3) is 4.79. The molecule has 148 valence electrons. The number of hydrogen-bond donors (Lipinski definition) is 3. The van der Waals surface area contributed by atoms with Crippen LogP contribution in [-0.2, 0) is 0 Å². The molecule has 8 nitrogen and oxygen atoms in total. The summed E-state index contributed by atoms with van der Waals surface area (Å²) in [7, 11) is 0. The van der Waals surface area contributed by atoms with Crippen molar-refractivity contribution in [1.82, 2.24) is 9.97 Å². The van der Waals surface area contributed by atoms with Gasteiger partial charge in [0.15, 0.2) is 0 Å². The Morgan fingerprint density at radius 1 is 1.41 bits per heavy atom. The number of anilines is 1. The number of amidine groups is 1. The van der Waals surface area contributed by atoms with E-state index >= 15 is 0 Å². The number of carbonyl (C=O) groups is 1. The molecule has 2 aromatic heterocycles. The summed E-state index contributed by atoms with van der Waals surface area (Å²) in [6, 6.07) is 8.74. The van der Waals surface area contributed by atoms with Crippen molar-refractivity contribution >= 4 is 35.2 Å². The minimum atomic E-state index is -0.498. The maximum absolute atomic E-state index is 13.3. The number of pyridine rings is 1. The van der Waals surface area contributed by atoms with E-state index in [0.717, 1.165) is 12.4 Å². The van der Waals surface area contributed by atoms with Crippen molar-refractivity contribution in [3.8, 4) is 16.5 Å². The number of aliphatic imine (C=N–C) groups is 1. The maximum Gasteiger partial charge on any atom is 0.256 e. The topological polar surface area (TPSA) is 126 Å². The number of hydrogen-bond acceptors (Lipinski definition) is 6. The number of amides is 1. The molecule has 0 atom stereocenters. The van der Waals surface area contributed by atoms with Crippen LogP contribution >= 0.6 is 11.3 Å². The second-order valence-corrected chi connectivity index (χ2v) is 6.62. The van der Waals surface area contributed by atoms with Gasteiger partial charge in [-0.1, -0.05) is 6.07 Å². The van der Waals surface area contributed by atoms with Gasteiger partial charge < -0.3 is 15.8 Å². The van der Waals surface area contributed by atoms with Gasteiger partial charge in [0.05, 0.1) is 6.61 Å². The third-order valence-corrected chi connectivity index (χ3v) is 4.76. The highest BCUT2D eigenvalue weighted by Gasteiger charge is 2.17. The Morgan fingerprint density at radius 3 is 2.97 bits per heavy atom. The number of aromatic nitrogens is 2. The van der Waals surface area contributed by atoms with E-state index in [0.29, 0.717) is 27.9 Å². The van der Waals surface area contributed by atoms with Gasteiger partial charge in [0.1, 0.15) is 33.7 Å². The first-order chi connectivity index (χ1) is 14.0. The summed E-state index contributed by atoms with van der Waals surface area (Å²) < 4.78 is 18.8. The molecule has 3 rings (SSSR count). The molecule has 0 bridgehead atoms. The molecule has 0 radical (unpaired) electrons. The fraction of sp³-hybridized carbons (Fsp3) is 0.105. The Kier molecular flexibility index (Phi) is 6.25. The molecule has 0 spiro atoms. The van der Waals surface area contributed by atoms with E-state index in [1.54, 1.807) is 12.1 Å². The number of nitrogens with one attached hydrogen (secondary N) is 2. The van der Waals surface area contributed by atoms with Crippen molar-refractivity contribution in [2.24, 2.45) is 10.7 Å². The highest BCUT2D eigenvalue weighted by atomic mass is 32.1. The molecule has 1 aromatic carbocycles. The number of benzene rings is 1. The first-order valence-corrected chi connectivity index (χ1v) is 9.33. The van der Waals surface area contributed by atoms with Crippen molar-refractivity contribution in [3.63, 3.8) is 0 Å². The van der Waals surface area contributed by atoms with Crippen LogP contribution in [0.4, 0.5) is 10.2 Å². The van der Waals surface area contributed by atoms with Crippen LogP contribution in [-0.4, -0.2) is 34.7 Å². The molecule has 4 N–H and O–H groups in total. The van der Waals surface area contributed by atoms with Gasteiger partial charge in [0.2, 0.25) is 5.88 Å². The Hall–Kier alpha value is -3.66. The predicted molar refractivity (Wildman–Crippen MR) is 110 cm³/mol. The fourth-order valence-corrected chi connectivity index (χ4v) is 3.32. The Bertz CT molecular complexity index is 1080. The molecule has 3 aromatic rings. The van der Waals surface area contributed by atoms with E-state index in [1.165, 1.54) is 35.7 Å². The van der Waals surface area contributed by atoms with E-state index < -0.39 is 11.7 Å². The molecule has 0 aliphatic heterocycles. The van der Waals surface area contributed by atoms with Gasteiger partial charge in [0, 0.05) is 17.3 Å². The Morgan fingerprint density at radius 2 is 2.24 bits per heavy atom. The fourth-order valence-electron chi connectivity index (χ4n) is 2.40. The van der Waals surface area contributed by atoms with E-state index in [9.17, 15) is 9.18 Å². The van der Waals surface area contributed by atoms with Crippen LogP contribution < -0.4 is 15.8 Å². The third-order valence-electron chi connectivity index (χ3n) is 3.65.